The van der Waals surface area contributed by atoms with Gasteiger partial charge in [0.05, 0.1) is 11.4 Å². The molecule has 3 nitrogen and oxygen atoms in total. The van der Waals surface area contributed by atoms with Crippen molar-refractivity contribution in [2.75, 3.05) is 11.5 Å². The highest BCUT2D eigenvalue weighted by molar-refractivity contribution is 9.10. The number of ether oxygens (including phenoxy) is 1. The lowest BCUT2D eigenvalue weighted by atomic mass is 10.1. The third-order valence-corrected chi connectivity index (χ3v) is 3.86. The molecule has 2 aromatic rings. The van der Waals surface area contributed by atoms with Gasteiger partial charge in [-0.2, -0.15) is 0 Å². The molecule has 0 radical (unpaired) electrons. The fourth-order valence-electron chi connectivity index (χ4n) is 2.35. The monoisotopic (exact) mass is 331 g/mol. The lowest BCUT2D eigenvalue weighted by Crippen LogP contribution is -2.35. The molecule has 0 bridgehead atoms. The molecule has 1 aliphatic heterocycles. The van der Waals surface area contributed by atoms with E-state index < -0.39 is 0 Å². The maximum Gasteiger partial charge on any atom is 0.269 e. The van der Waals surface area contributed by atoms with Gasteiger partial charge in [0.1, 0.15) is 5.75 Å². The fourth-order valence-corrected chi connectivity index (χ4v) is 2.70. The summed E-state index contributed by atoms with van der Waals surface area (Å²) in [5.74, 6) is 0.679. The lowest BCUT2D eigenvalue weighted by molar-refractivity contribution is -0.120. The number of carbonyl (C=O) groups excluding carboxylic acids is 1. The minimum atomic E-state index is -0.0516. The van der Waals surface area contributed by atoms with Crippen molar-refractivity contribution in [2.45, 2.75) is 13.8 Å². The van der Waals surface area contributed by atoms with Gasteiger partial charge in [-0.3, -0.25) is 9.69 Å². The molecule has 1 amide bonds. The molecule has 0 spiro atoms. The SMILES string of the molecule is Cc1ccc(C)c(N2C(=O)COc3ccc(Br)cc32)c1. The van der Waals surface area contributed by atoms with Gasteiger partial charge in [0.15, 0.2) is 6.61 Å². The van der Waals surface area contributed by atoms with Gasteiger partial charge in [0, 0.05) is 4.47 Å². The third-order valence-electron chi connectivity index (χ3n) is 3.37. The van der Waals surface area contributed by atoms with Gasteiger partial charge in [-0.05, 0) is 49.2 Å². The molecule has 0 N–H and O–H groups in total. The first-order chi connectivity index (χ1) is 9.56. The van der Waals surface area contributed by atoms with Crippen LogP contribution in [0.15, 0.2) is 40.9 Å². The molecule has 0 saturated heterocycles. The van der Waals surface area contributed by atoms with Crippen LogP contribution in [0.3, 0.4) is 0 Å². The molecule has 0 fully saturated rings. The Balaban J connectivity index is 2.20. The molecular formula is C16H14BrNO2. The van der Waals surface area contributed by atoms with E-state index in [0.717, 1.165) is 32.7 Å². The molecule has 0 aliphatic carbocycles. The van der Waals surface area contributed by atoms with E-state index in [4.69, 9.17) is 4.74 Å². The highest BCUT2D eigenvalue weighted by Crippen LogP contribution is 2.40. The lowest BCUT2D eigenvalue weighted by Gasteiger charge is -2.30. The fraction of sp³-hybridized carbons (Fsp3) is 0.188. The van der Waals surface area contributed by atoms with Crippen molar-refractivity contribution in [1.82, 2.24) is 0 Å². The molecule has 0 saturated carbocycles. The van der Waals surface area contributed by atoms with Crippen LogP contribution in [0, 0.1) is 13.8 Å². The Morgan fingerprint density at radius 3 is 2.70 bits per heavy atom. The number of fused-ring (bicyclic) bond motifs is 1. The van der Waals surface area contributed by atoms with E-state index in [0.29, 0.717) is 0 Å². The number of hydrogen-bond acceptors (Lipinski definition) is 2. The molecule has 4 heteroatoms. The van der Waals surface area contributed by atoms with E-state index >= 15 is 0 Å². The Kier molecular flexibility index (Phi) is 3.26. The maximum absolute atomic E-state index is 12.3. The van der Waals surface area contributed by atoms with Crippen LogP contribution in [-0.2, 0) is 4.79 Å². The minimum absolute atomic E-state index is 0.0516. The molecule has 20 heavy (non-hydrogen) atoms. The van der Waals surface area contributed by atoms with Crippen molar-refractivity contribution in [3.8, 4) is 5.75 Å². The van der Waals surface area contributed by atoms with Crippen LogP contribution in [0.5, 0.6) is 5.75 Å². The van der Waals surface area contributed by atoms with E-state index in [9.17, 15) is 4.79 Å². The largest absolute Gasteiger partial charge is 0.482 e. The van der Waals surface area contributed by atoms with E-state index in [1.807, 2.05) is 50.2 Å². The molecule has 0 atom stereocenters. The first-order valence-corrected chi connectivity index (χ1v) is 7.18. The Morgan fingerprint density at radius 1 is 1.10 bits per heavy atom. The summed E-state index contributed by atoms with van der Waals surface area (Å²) in [6.07, 6.45) is 0. The summed E-state index contributed by atoms with van der Waals surface area (Å²) in [6, 6.07) is 11.8. The van der Waals surface area contributed by atoms with Crippen molar-refractivity contribution in [3.63, 3.8) is 0 Å². The number of amides is 1. The summed E-state index contributed by atoms with van der Waals surface area (Å²) in [7, 11) is 0. The van der Waals surface area contributed by atoms with Gasteiger partial charge >= 0.3 is 0 Å². The zero-order valence-electron chi connectivity index (χ0n) is 11.3. The average Bonchev–Trinajstić information content (AvgIpc) is 2.42. The topological polar surface area (TPSA) is 29.5 Å². The smallest absolute Gasteiger partial charge is 0.269 e. The van der Waals surface area contributed by atoms with Crippen LogP contribution in [-0.4, -0.2) is 12.5 Å². The molecule has 102 valence electrons. The predicted octanol–water partition coefficient (Wildman–Crippen LogP) is 4.12. The van der Waals surface area contributed by atoms with Crippen molar-refractivity contribution < 1.29 is 9.53 Å². The van der Waals surface area contributed by atoms with E-state index in [-0.39, 0.29) is 12.5 Å². The summed E-state index contributed by atoms with van der Waals surface area (Å²) < 4.78 is 6.42. The molecule has 1 heterocycles. The van der Waals surface area contributed by atoms with Gasteiger partial charge in [0.2, 0.25) is 0 Å². The number of aryl methyl sites for hydroxylation is 2. The Hall–Kier alpha value is -1.81. The summed E-state index contributed by atoms with van der Waals surface area (Å²) in [4.78, 5) is 14.1. The summed E-state index contributed by atoms with van der Waals surface area (Å²) in [5, 5.41) is 0. The quantitative estimate of drug-likeness (QED) is 0.786. The Morgan fingerprint density at radius 2 is 1.90 bits per heavy atom. The third kappa shape index (κ3) is 2.20. The number of carbonyl (C=O) groups is 1. The van der Waals surface area contributed by atoms with Crippen LogP contribution >= 0.6 is 15.9 Å². The van der Waals surface area contributed by atoms with Crippen LogP contribution in [0.4, 0.5) is 11.4 Å². The van der Waals surface area contributed by atoms with Crippen LogP contribution in [0.2, 0.25) is 0 Å². The second-order valence-electron chi connectivity index (χ2n) is 4.92. The van der Waals surface area contributed by atoms with Gasteiger partial charge in [-0.1, -0.05) is 28.1 Å². The number of anilines is 2. The van der Waals surface area contributed by atoms with Crippen molar-refractivity contribution in [2.24, 2.45) is 0 Å². The number of nitrogens with zero attached hydrogens (tertiary/aromatic N) is 1. The molecule has 1 aliphatic rings. The normalized spacial score (nSPS) is 13.9. The van der Waals surface area contributed by atoms with Crippen molar-refractivity contribution in [1.29, 1.82) is 0 Å². The second-order valence-corrected chi connectivity index (χ2v) is 5.84. The van der Waals surface area contributed by atoms with Gasteiger partial charge in [0.25, 0.3) is 5.91 Å². The number of hydrogen-bond donors (Lipinski definition) is 0. The summed E-state index contributed by atoms with van der Waals surface area (Å²) >= 11 is 3.45. The Labute approximate surface area is 126 Å². The first-order valence-electron chi connectivity index (χ1n) is 6.39. The molecular weight excluding hydrogens is 318 g/mol. The molecule has 0 unspecified atom stereocenters. The van der Waals surface area contributed by atoms with Crippen LogP contribution in [0.25, 0.3) is 0 Å². The van der Waals surface area contributed by atoms with Gasteiger partial charge in [-0.15, -0.1) is 0 Å². The van der Waals surface area contributed by atoms with Gasteiger partial charge < -0.3 is 4.74 Å². The van der Waals surface area contributed by atoms with E-state index in [1.165, 1.54) is 0 Å². The van der Waals surface area contributed by atoms with Crippen molar-refractivity contribution in [3.05, 3.63) is 52.0 Å². The number of halogens is 1. The molecule has 2 aromatic carbocycles. The van der Waals surface area contributed by atoms with E-state index in [1.54, 1.807) is 4.90 Å². The Bertz CT molecular complexity index is 697. The molecule has 3 rings (SSSR count). The number of rotatable bonds is 1. The van der Waals surface area contributed by atoms with Gasteiger partial charge in [-0.25, -0.2) is 0 Å². The zero-order chi connectivity index (χ0) is 14.3. The number of benzene rings is 2. The first kappa shape index (κ1) is 13.2. The highest BCUT2D eigenvalue weighted by Gasteiger charge is 2.28. The van der Waals surface area contributed by atoms with Crippen molar-refractivity contribution >= 4 is 33.2 Å². The summed E-state index contributed by atoms with van der Waals surface area (Å²) in [6.45, 7) is 4.10. The summed E-state index contributed by atoms with van der Waals surface area (Å²) in [5.41, 5.74) is 3.89. The van der Waals surface area contributed by atoms with Crippen LogP contribution in [0.1, 0.15) is 11.1 Å². The standard InChI is InChI=1S/C16H14BrNO2/c1-10-3-4-11(2)13(7-10)18-14-8-12(17)5-6-15(14)20-9-16(18)19/h3-8H,9H2,1-2H3. The van der Waals surface area contributed by atoms with Crippen LogP contribution < -0.4 is 9.64 Å². The average molecular weight is 332 g/mol. The minimum Gasteiger partial charge on any atom is -0.482 e. The predicted molar refractivity (Wildman–Crippen MR) is 82.7 cm³/mol. The second kappa shape index (κ2) is 4.94. The van der Waals surface area contributed by atoms with E-state index in [2.05, 4.69) is 15.9 Å². The maximum atomic E-state index is 12.3. The zero-order valence-corrected chi connectivity index (χ0v) is 12.9. The highest BCUT2D eigenvalue weighted by atomic mass is 79.9. The molecule has 0 aromatic heterocycles.